The van der Waals surface area contributed by atoms with Gasteiger partial charge >= 0.3 is 0 Å². The van der Waals surface area contributed by atoms with Crippen LogP contribution in [0, 0.1) is 13.8 Å². The van der Waals surface area contributed by atoms with E-state index in [1.165, 1.54) is 11.1 Å². The molecule has 0 aromatic heterocycles. The van der Waals surface area contributed by atoms with Gasteiger partial charge in [-0.1, -0.05) is 29.8 Å². The number of carbonyl (C=O) groups excluding carboxylic acids is 1. The highest BCUT2D eigenvalue weighted by molar-refractivity contribution is 6.33. The van der Waals surface area contributed by atoms with Crippen LogP contribution >= 0.6 is 11.6 Å². The van der Waals surface area contributed by atoms with Gasteiger partial charge in [-0.2, -0.15) is 0 Å². The molecule has 4 heteroatoms. The van der Waals surface area contributed by atoms with E-state index in [2.05, 4.69) is 36.6 Å². The summed E-state index contributed by atoms with van der Waals surface area (Å²) in [6.45, 7) is 4.74. The van der Waals surface area contributed by atoms with E-state index in [-0.39, 0.29) is 5.91 Å². The minimum absolute atomic E-state index is 0.0561. The van der Waals surface area contributed by atoms with Gasteiger partial charge in [-0.05, 0) is 49.2 Å². The molecule has 2 N–H and O–H groups in total. The van der Waals surface area contributed by atoms with E-state index in [9.17, 15) is 4.79 Å². The number of benzene rings is 2. The Kier molecular flexibility index (Phi) is 5.23. The van der Waals surface area contributed by atoms with Crippen molar-refractivity contribution in [1.82, 2.24) is 0 Å². The van der Waals surface area contributed by atoms with Gasteiger partial charge in [0.05, 0.1) is 10.7 Å². The number of carbonyl (C=O) groups is 1. The average Bonchev–Trinajstić information content (AvgIpc) is 2.45. The summed E-state index contributed by atoms with van der Waals surface area (Å²) in [6.07, 6.45) is 0.387. The monoisotopic (exact) mass is 302 g/mol. The first-order chi connectivity index (χ1) is 10.1. The Morgan fingerprint density at radius 1 is 1.10 bits per heavy atom. The van der Waals surface area contributed by atoms with Crippen molar-refractivity contribution >= 4 is 28.9 Å². The Morgan fingerprint density at radius 2 is 1.86 bits per heavy atom. The second kappa shape index (κ2) is 7.14. The molecule has 0 saturated carbocycles. The highest BCUT2D eigenvalue weighted by Gasteiger charge is 2.05. The lowest BCUT2D eigenvalue weighted by Crippen LogP contribution is -2.16. The van der Waals surface area contributed by atoms with E-state index >= 15 is 0 Å². The third-order valence-electron chi connectivity index (χ3n) is 3.34. The normalized spacial score (nSPS) is 10.2. The first-order valence-electron chi connectivity index (χ1n) is 6.92. The van der Waals surface area contributed by atoms with Gasteiger partial charge in [0.15, 0.2) is 0 Å². The Bertz CT molecular complexity index is 640. The SMILES string of the molecule is Cc1ccc(NCCC(=O)Nc2ccccc2Cl)cc1C. The number of amides is 1. The van der Waals surface area contributed by atoms with Crippen LogP contribution in [-0.2, 0) is 4.79 Å². The Balaban J connectivity index is 1.82. The molecule has 0 fully saturated rings. The average molecular weight is 303 g/mol. The number of aryl methyl sites for hydroxylation is 2. The second-order valence-corrected chi connectivity index (χ2v) is 5.41. The fourth-order valence-corrected chi connectivity index (χ4v) is 2.13. The molecular weight excluding hydrogens is 284 g/mol. The molecule has 0 aliphatic heterocycles. The van der Waals surface area contributed by atoms with Gasteiger partial charge in [-0.3, -0.25) is 4.79 Å². The molecule has 0 saturated heterocycles. The van der Waals surface area contributed by atoms with Gasteiger partial charge in [0.1, 0.15) is 0 Å². The summed E-state index contributed by atoms with van der Waals surface area (Å²) in [4.78, 5) is 11.9. The zero-order valence-corrected chi connectivity index (χ0v) is 13.0. The van der Waals surface area contributed by atoms with Gasteiger partial charge in [0, 0.05) is 18.7 Å². The van der Waals surface area contributed by atoms with Crippen molar-refractivity contribution in [3.05, 3.63) is 58.6 Å². The predicted octanol–water partition coefficient (Wildman–Crippen LogP) is 4.40. The van der Waals surface area contributed by atoms with Crippen LogP contribution in [0.25, 0.3) is 0 Å². The highest BCUT2D eigenvalue weighted by Crippen LogP contribution is 2.20. The number of halogens is 1. The van der Waals surface area contributed by atoms with E-state index < -0.39 is 0 Å². The summed E-state index contributed by atoms with van der Waals surface area (Å²) in [5.74, 6) is -0.0561. The van der Waals surface area contributed by atoms with Crippen molar-refractivity contribution in [2.24, 2.45) is 0 Å². The Hall–Kier alpha value is -2.00. The molecule has 2 aromatic carbocycles. The number of nitrogens with one attached hydrogen (secondary N) is 2. The Morgan fingerprint density at radius 3 is 2.57 bits per heavy atom. The van der Waals surface area contributed by atoms with Crippen LogP contribution in [0.2, 0.25) is 5.02 Å². The highest BCUT2D eigenvalue weighted by atomic mass is 35.5. The molecule has 0 radical (unpaired) electrons. The van der Waals surface area contributed by atoms with Gasteiger partial charge in [-0.15, -0.1) is 0 Å². The quantitative estimate of drug-likeness (QED) is 0.859. The molecule has 0 aliphatic carbocycles. The predicted molar refractivity (Wildman–Crippen MR) is 89.1 cm³/mol. The molecule has 0 unspecified atom stereocenters. The first kappa shape index (κ1) is 15.4. The van der Waals surface area contributed by atoms with Crippen molar-refractivity contribution in [3.63, 3.8) is 0 Å². The molecule has 0 heterocycles. The lowest BCUT2D eigenvalue weighted by molar-refractivity contribution is -0.115. The third-order valence-corrected chi connectivity index (χ3v) is 3.67. The van der Waals surface area contributed by atoms with E-state index in [4.69, 9.17) is 11.6 Å². The fourth-order valence-electron chi connectivity index (χ4n) is 1.95. The molecule has 0 bridgehead atoms. The van der Waals surface area contributed by atoms with Gasteiger partial charge in [0.25, 0.3) is 0 Å². The molecule has 21 heavy (non-hydrogen) atoms. The number of rotatable bonds is 5. The maximum atomic E-state index is 11.9. The minimum Gasteiger partial charge on any atom is -0.385 e. The molecule has 0 spiro atoms. The van der Waals surface area contributed by atoms with Crippen LogP contribution in [0.1, 0.15) is 17.5 Å². The minimum atomic E-state index is -0.0561. The summed E-state index contributed by atoms with van der Waals surface area (Å²) in [7, 11) is 0. The topological polar surface area (TPSA) is 41.1 Å². The van der Waals surface area contributed by atoms with Crippen molar-refractivity contribution in [1.29, 1.82) is 0 Å². The molecule has 0 aliphatic rings. The summed E-state index contributed by atoms with van der Waals surface area (Å²) >= 11 is 6.00. The molecule has 2 rings (SSSR count). The molecule has 2 aromatic rings. The number of hydrogen-bond donors (Lipinski definition) is 2. The van der Waals surface area contributed by atoms with E-state index in [0.717, 1.165) is 5.69 Å². The van der Waals surface area contributed by atoms with Crippen molar-refractivity contribution < 1.29 is 4.79 Å². The van der Waals surface area contributed by atoms with Crippen LogP contribution in [0.15, 0.2) is 42.5 Å². The van der Waals surface area contributed by atoms with Crippen molar-refractivity contribution in [2.75, 3.05) is 17.2 Å². The second-order valence-electron chi connectivity index (χ2n) is 5.00. The maximum absolute atomic E-state index is 11.9. The lowest BCUT2D eigenvalue weighted by atomic mass is 10.1. The standard InChI is InChI=1S/C17H19ClN2O/c1-12-7-8-14(11-13(12)2)19-10-9-17(21)20-16-6-4-3-5-15(16)18/h3-8,11,19H,9-10H2,1-2H3,(H,20,21). The Labute approximate surface area is 130 Å². The molecule has 3 nitrogen and oxygen atoms in total. The summed E-state index contributed by atoms with van der Waals surface area (Å²) < 4.78 is 0. The van der Waals surface area contributed by atoms with Crippen LogP contribution in [0.3, 0.4) is 0 Å². The molecule has 1 amide bonds. The van der Waals surface area contributed by atoms with Crippen molar-refractivity contribution in [2.45, 2.75) is 20.3 Å². The maximum Gasteiger partial charge on any atom is 0.226 e. The fraction of sp³-hybridized carbons (Fsp3) is 0.235. The number of anilines is 2. The molecular formula is C17H19ClN2O. The zero-order valence-electron chi connectivity index (χ0n) is 12.2. The van der Waals surface area contributed by atoms with Crippen LogP contribution in [0.4, 0.5) is 11.4 Å². The van der Waals surface area contributed by atoms with Gasteiger partial charge in [0.2, 0.25) is 5.91 Å². The third kappa shape index (κ3) is 4.50. The van der Waals surface area contributed by atoms with Gasteiger partial charge in [-0.25, -0.2) is 0 Å². The number of hydrogen-bond acceptors (Lipinski definition) is 2. The first-order valence-corrected chi connectivity index (χ1v) is 7.29. The van der Waals surface area contributed by atoms with E-state index in [0.29, 0.717) is 23.7 Å². The summed E-state index contributed by atoms with van der Waals surface area (Å²) in [5.41, 5.74) is 4.18. The van der Waals surface area contributed by atoms with Gasteiger partial charge < -0.3 is 10.6 Å². The smallest absolute Gasteiger partial charge is 0.226 e. The van der Waals surface area contributed by atoms with Crippen LogP contribution in [-0.4, -0.2) is 12.5 Å². The van der Waals surface area contributed by atoms with Crippen LogP contribution in [0.5, 0.6) is 0 Å². The van der Waals surface area contributed by atoms with E-state index in [1.54, 1.807) is 12.1 Å². The van der Waals surface area contributed by atoms with Crippen LogP contribution < -0.4 is 10.6 Å². The molecule has 0 atom stereocenters. The zero-order chi connectivity index (χ0) is 15.2. The summed E-state index contributed by atoms with van der Waals surface area (Å²) in [6, 6.07) is 13.4. The summed E-state index contributed by atoms with van der Waals surface area (Å²) in [5, 5.41) is 6.61. The molecule has 110 valence electrons. The van der Waals surface area contributed by atoms with E-state index in [1.807, 2.05) is 18.2 Å². The number of para-hydroxylation sites is 1. The van der Waals surface area contributed by atoms with Crippen molar-refractivity contribution in [3.8, 4) is 0 Å². The lowest BCUT2D eigenvalue weighted by Gasteiger charge is -2.10. The largest absolute Gasteiger partial charge is 0.385 e.